The highest BCUT2D eigenvalue weighted by Gasteiger charge is 2.66. The number of carbonyl (C=O) groups excluding carboxylic acids is 3. The van der Waals surface area contributed by atoms with E-state index in [0.717, 1.165) is 18.2 Å². The number of rotatable bonds is 5. The van der Waals surface area contributed by atoms with E-state index in [1.54, 1.807) is 0 Å². The molecule has 0 spiro atoms. The Morgan fingerprint density at radius 1 is 0.733 bits per heavy atom. The van der Waals surface area contributed by atoms with Crippen molar-refractivity contribution in [1.29, 1.82) is 0 Å². The molecular formula is C15H6F10O5. The Kier molecular flexibility index (Phi) is 6.90. The van der Waals surface area contributed by atoms with Gasteiger partial charge in [0.05, 0.1) is 0 Å². The van der Waals surface area contributed by atoms with Gasteiger partial charge in [0.1, 0.15) is 5.75 Å². The van der Waals surface area contributed by atoms with Crippen molar-refractivity contribution in [3.05, 3.63) is 35.9 Å². The van der Waals surface area contributed by atoms with Crippen LogP contribution in [0.4, 0.5) is 43.9 Å². The van der Waals surface area contributed by atoms with Crippen molar-refractivity contribution in [2.45, 2.75) is 24.2 Å². The van der Waals surface area contributed by atoms with Gasteiger partial charge >= 0.3 is 42.1 Å². The summed E-state index contributed by atoms with van der Waals surface area (Å²) in [7, 11) is 0. The lowest BCUT2D eigenvalue weighted by molar-refractivity contribution is -0.278. The lowest BCUT2D eigenvalue weighted by Crippen LogP contribution is -2.46. The minimum absolute atomic E-state index is 0.0545. The maximum atomic E-state index is 12.9. The van der Waals surface area contributed by atoms with Crippen LogP contribution in [0.25, 0.3) is 6.08 Å². The molecule has 0 bridgehead atoms. The molecule has 0 aliphatic carbocycles. The average molecular weight is 456 g/mol. The average Bonchev–Trinajstić information content (AvgIpc) is 2.58. The van der Waals surface area contributed by atoms with Crippen molar-refractivity contribution in [2.24, 2.45) is 0 Å². The summed E-state index contributed by atoms with van der Waals surface area (Å²) in [5.41, 5.74) is -0.573. The highest BCUT2D eigenvalue weighted by molar-refractivity contribution is 5.97. The molecular weight excluding hydrogens is 450 g/mol. The van der Waals surface area contributed by atoms with Crippen molar-refractivity contribution >= 4 is 24.0 Å². The molecule has 166 valence electrons. The first-order valence-electron chi connectivity index (χ1n) is 7.06. The zero-order valence-electron chi connectivity index (χ0n) is 13.8. The van der Waals surface area contributed by atoms with E-state index in [9.17, 15) is 58.3 Å². The smallest absolute Gasteiger partial charge is 0.421 e. The van der Waals surface area contributed by atoms with Crippen LogP contribution in [0.5, 0.6) is 5.75 Å². The van der Waals surface area contributed by atoms with E-state index in [1.165, 1.54) is 0 Å². The van der Waals surface area contributed by atoms with Gasteiger partial charge in [0.15, 0.2) is 0 Å². The van der Waals surface area contributed by atoms with Gasteiger partial charge in [-0.05, 0) is 12.1 Å². The third-order valence-corrected chi connectivity index (χ3v) is 2.94. The van der Waals surface area contributed by atoms with Gasteiger partial charge in [-0.15, -0.1) is 0 Å². The first kappa shape index (κ1) is 24.9. The Labute approximate surface area is 158 Å². The Morgan fingerprint density at radius 3 is 1.70 bits per heavy atom. The van der Waals surface area contributed by atoms with Gasteiger partial charge in [-0.25, -0.2) is 14.4 Å². The maximum Gasteiger partial charge on any atom is 0.465 e. The summed E-state index contributed by atoms with van der Waals surface area (Å²) in [6.45, 7) is 0. The molecule has 5 nitrogen and oxygen atoms in total. The first-order chi connectivity index (χ1) is 13.4. The Hall–Kier alpha value is -3.13. The third kappa shape index (κ3) is 5.48. The fourth-order valence-corrected chi connectivity index (χ4v) is 1.45. The zero-order valence-corrected chi connectivity index (χ0v) is 13.8. The molecule has 0 aromatic heterocycles. The zero-order chi connectivity index (χ0) is 23.5. The number of ether oxygens (including phenoxy) is 2. The van der Waals surface area contributed by atoms with Crippen LogP contribution < -0.4 is 4.74 Å². The van der Waals surface area contributed by atoms with Crippen molar-refractivity contribution in [3.63, 3.8) is 0 Å². The number of esters is 3. The quantitative estimate of drug-likeness (QED) is 0.220. The largest absolute Gasteiger partial charge is 0.465 e. The molecule has 0 aliphatic heterocycles. The van der Waals surface area contributed by atoms with E-state index in [2.05, 4.69) is 9.47 Å². The van der Waals surface area contributed by atoms with Gasteiger partial charge in [0, 0.05) is 11.6 Å². The molecule has 0 saturated carbocycles. The van der Waals surface area contributed by atoms with Crippen LogP contribution in [0.1, 0.15) is 5.56 Å². The van der Waals surface area contributed by atoms with Crippen LogP contribution in [0.2, 0.25) is 0 Å². The standard InChI is InChI=1S/C15H6F10O5/c16-12(17,14(20,21)22)10(27)29-8-4-2-1-3-7(8)5-6-9(26)30-11(28)13(18,19)15(23,24)25/h1-6H/b6-5+. The molecule has 0 N–H and O–H groups in total. The van der Waals surface area contributed by atoms with E-state index >= 15 is 0 Å². The van der Waals surface area contributed by atoms with Crippen LogP contribution >= 0.6 is 0 Å². The minimum atomic E-state index is -6.36. The SMILES string of the molecule is O=C(/C=C/c1ccccc1OC(=O)C(F)(F)C(F)(F)F)OC(=O)C(F)(F)C(F)(F)F. The van der Waals surface area contributed by atoms with Crippen LogP contribution in [0, 0.1) is 0 Å². The summed E-state index contributed by atoms with van der Waals surface area (Å²) in [5, 5.41) is 0. The topological polar surface area (TPSA) is 69.7 Å². The summed E-state index contributed by atoms with van der Waals surface area (Å²) >= 11 is 0. The molecule has 0 unspecified atom stereocenters. The van der Waals surface area contributed by atoms with Crippen molar-refractivity contribution in [2.75, 3.05) is 0 Å². The highest BCUT2D eigenvalue weighted by atomic mass is 19.4. The molecule has 0 radical (unpaired) electrons. The third-order valence-electron chi connectivity index (χ3n) is 2.94. The van der Waals surface area contributed by atoms with Crippen molar-refractivity contribution in [3.8, 4) is 5.75 Å². The number of hydrogen-bond donors (Lipinski definition) is 0. The number of alkyl halides is 10. The van der Waals surface area contributed by atoms with E-state index in [0.29, 0.717) is 12.1 Å². The second-order valence-electron chi connectivity index (χ2n) is 5.11. The predicted octanol–water partition coefficient (Wildman–Crippen LogP) is 4.07. The Bertz CT molecular complexity index is 854. The lowest BCUT2D eigenvalue weighted by Gasteiger charge is -2.18. The van der Waals surface area contributed by atoms with Crippen LogP contribution in [0.3, 0.4) is 0 Å². The van der Waals surface area contributed by atoms with Gasteiger partial charge in [-0.3, -0.25) is 0 Å². The molecule has 1 aromatic rings. The second kappa shape index (κ2) is 8.31. The summed E-state index contributed by atoms with van der Waals surface area (Å²) in [4.78, 5) is 33.0. The van der Waals surface area contributed by atoms with Crippen LogP contribution in [-0.2, 0) is 19.1 Å². The number of halogens is 10. The van der Waals surface area contributed by atoms with Crippen molar-refractivity contribution in [1.82, 2.24) is 0 Å². The van der Waals surface area contributed by atoms with Crippen LogP contribution in [0.15, 0.2) is 30.3 Å². The van der Waals surface area contributed by atoms with Crippen LogP contribution in [-0.4, -0.2) is 42.1 Å². The molecule has 1 rings (SSSR count). The van der Waals surface area contributed by atoms with Gasteiger partial charge in [-0.1, -0.05) is 18.2 Å². The normalized spacial score (nSPS) is 13.3. The number of carbonyl (C=O) groups is 3. The summed E-state index contributed by atoms with van der Waals surface area (Å²) < 4.78 is 131. The number of hydrogen-bond acceptors (Lipinski definition) is 5. The Morgan fingerprint density at radius 2 is 1.20 bits per heavy atom. The lowest BCUT2D eigenvalue weighted by atomic mass is 10.2. The fraction of sp³-hybridized carbons (Fsp3) is 0.267. The number of benzene rings is 1. The van der Waals surface area contributed by atoms with Gasteiger partial charge in [0.2, 0.25) is 0 Å². The molecule has 30 heavy (non-hydrogen) atoms. The second-order valence-corrected chi connectivity index (χ2v) is 5.11. The first-order valence-corrected chi connectivity index (χ1v) is 7.06. The molecule has 0 amide bonds. The summed E-state index contributed by atoms with van der Waals surface area (Å²) in [6, 6.07) is 3.65. The molecule has 0 heterocycles. The summed E-state index contributed by atoms with van der Waals surface area (Å²) in [5.74, 6) is -21.3. The Balaban J connectivity index is 2.99. The van der Waals surface area contributed by atoms with E-state index < -0.39 is 53.4 Å². The maximum absolute atomic E-state index is 12.9. The minimum Gasteiger partial charge on any atom is -0.421 e. The van der Waals surface area contributed by atoms with E-state index in [4.69, 9.17) is 0 Å². The molecule has 0 atom stereocenters. The highest BCUT2D eigenvalue weighted by Crippen LogP contribution is 2.37. The molecule has 0 saturated heterocycles. The molecule has 1 aromatic carbocycles. The molecule has 15 heteroatoms. The van der Waals surface area contributed by atoms with Crippen molar-refractivity contribution < 1.29 is 67.8 Å². The van der Waals surface area contributed by atoms with E-state index in [1.807, 2.05) is 0 Å². The predicted molar refractivity (Wildman–Crippen MR) is 74.2 cm³/mol. The summed E-state index contributed by atoms with van der Waals surface area (Å²) in [6.07, 6.45) is -12.2. The van der Waals surface area contributed by atoms with Gasteiger partial charge in [0.25, 0.3) is 0 Å². The monoisotopic (exact) mass is 456 g/mol. The molecule has 0 aliphatic rings. The molecule has 0 fully saturated rings. The van der Waals surface area contributed by atoms with Gasteiger partial charge in [-0.2, -0.15) is 43.9 Å². The number of para-hydroxylation sites is 1. The fourth-order valence-electron chi connectivity index (χ4n) is 1.45. The van der Waals surface area contributed by atoms with Gasteiger partial charge < -0.3 is 9.47 Å². The van der Waals surface area contributed by atoms with E-state index in [-0.39, 0.29) is 6.08 Å².